The number of likely N-dealkylation sites (tertiary alicyclic amines) is 1. The number of nitrogens with one attached hydrogen (secondary N) is 1. The number of hydrogen-bond acceptors (Lipinski definition) is 9. The first-order valence-corrected chi connectivity index (χ1v) is 12.0. The molecule has 4 amide bonds. The second-order valence-electron chi connectivity index (χ2n) is 8.29. The highest BCUT2D eigenvalue weighted by Gasteiger charge is 2.34. The number of hydrogen-bond donors (Lipinski definition) is 6. The summed E-state index contributed by atoms with van der Waals surface area (Å²) in [5, 5.41) is 49.3. The van der Waals surface area contributed by atoms with Gasteiger partial charge in [0.25, 0.3) is 0 Å². The number of aliphatic hydroxyl groups is 5. The van der Waals surface area contributed by atoms with Gasteiger partial charge in [0.1, 0.15) is 24.4 Å². The predicted molar refractivity (Wildman–Crippen MR) is 129 cm³/mol. The molecule has 35 heavy (non-hydrogen) atoms. The molecule has 12 heteroatoms. The van der Waals surface area contributed by atoms with E-state index in [1.54, 1.807) is 13.8 Å². The standard InChI is InChI=1S/C13H26N2O7.C8H13NO2.C2H6/c1-8(14-7-17)3-4-11(20)15(2)5-9(18)12(21)13(22)10(19)6-16;1-3-4-9-7(10)5-6(2)8(9)11;1-2/h7-10,12-13,16,18-19,21-22H,3-6H2,1-2H3,(H,14,17);6H,3-5H2,1-2H3;1-2H3. The van der Waals surface area contributed by atoms with E-state index in [9.17, 15) is 39.6 Å². The Hall–Kier alpha value is -2.12. The Bertz CT molecular complexity index is 635. The number of rotatable bonds is 13. The first kappa shape index (κ1) is 35.0. The van der Waals surface area contributed by atoms with Crippen molar-refractivity contribution < 1.29 is 44.7 Å². The van der Waals surface area contributed by atoms with Gasteiger partial charge in [0.05, 0.1) is 6.61 Å². The molecule has 1 rings (SSSR count). The molecule has 6 atom stereocenters. The van der Waals surface area contributed by atoms with Crippen molar-refractivity contribution in [3.63, 3.8) is 0 Å². The zero-order valence-electron chi connectivity index (χ0n) is 21.8. The lowest BCUT2D eigenvalue weighted by Crippen LogP contribution is -2.50. The molecular formula is C23H45N3O9. The number of carbonyl (C=O) groups excluding carboxylic acids is 4. The van der Waals surface area contributed by atoms with Gasteiger partial charge >= 0.3 is 0 Å². The molecule has 0 bridgehead atoms. The summed E-state index contributed by atoms with van der Waals surface area (Å²) in [5.41, 5.74) is 0. The van der Waals surface area contributed by atoms with Gasteiger partial charge in [0.15, 0.2) is 0 Å². The fourth-order valence-electron chi connectivity index (χ4n) is 3.09. The van der Waals surface area contributed by atoms with Crippen LogP contribution in [-0.2, 0) is 19.2 Å². The summed E-state index contributed by atoms with van der Waals surface area (Å²) < 4.78 is 0. The van der Waals surface area contributed by atoms with Crippen LogP contribution >= 0.6 is 0 Å². The Balaban J connectivity index is 0. The van der Waals surface area contributed by atoms with E-state index in [0.29, 0.717) is 25.8 Å². The van der Waals surface area contributed by atoms with Crippen LogP contribution in [0.5, 0.6) is 0 Å². The van der Waals surface area contributed by atoms with E-state index in [0.717, 1.165) is 6.42 Å². The largest absolute Gasteiger partial charge is 0.394 e. The maximum absolute atomic E-state index is 11.8. The summed E-state index contributed by atoms with van der Waals surface area (Å²) in [6.45, 7) is 9.08. The highest BCUT2D eigenvalue weighted by atomic mass is 16.4. The summed E-state index contributed by atoms with van der Waals surface area (Å²) >= 11 is 0. The molecule has 1 saturated heterocycles. The van der Waals surface area contributed by atoms with Crippen LogP contribution in [0.25, 0.3) is 0 Å². The maximum atomic E-state index is 11.8. The average Bonchev–Trinajstić information content (AvgIpc) is 3.08. The number of aliphatic hydroxyl groups excluding tert-OH is 5. The summed E-state index contributed by atoms with van der Waals surface area (Å²) in [4.78, 5) is 46.9. The van der Waals surface area contributed by atoms with Gasteiger partial charge in [0.2, 0.25) is 24.1 Å². The van der Waals surface area contributed by atoms with E-state index in [4.69, 9.17) is 5.11 Å². The fraction of sp³-hybridized carbons (Fsp3) is 0.826. The SMILES string of the molecule is CC.CC(CCC(=O)N(C)CC(O)C(O)C(O)C(O)CO)NC=O.CCCN1C(=O)CC(C)C1=O. The van der Waals surface area contributed by atoms with Gasteiger partial charge in [-0.25, -0.2) is 0 Å². The second-order valence-corrected chi connectivity index (χ2v) is 8.29. The molecule has 12 nitrogen and oxygen atoms in total. The molecule has 6 unspecified atom stereocenters. The Kier molecular flexibility index (Phi) is 19.1. The van der Waals surface area contributed by atoms with E-state index in [1.807, 2.05) is 20.8 Å². The van der Waals surface area contributed by atoms with Crippen LogP contribution in [0.4, 0.5) is 0 Å². The Morgan fingerprint density at radius 1 is 1.17 bits per heavy atom. The number of imide groups is 1. The fourth-order valence-corrected chi connectivity index (χ4v) is 3.09. The molecular weight excluding hydrogens is 462 g/mol. The third-order valence-electron chi connectivity index (χ3n) is 5.27. The third kappa shape index (κ3) is 13.0. The number of amides is 4. The van der Waals surface area contributed by atoms with Gasteiger partial charge in [-0.2, -0.15) is 0 Å². The van der Waals surface area contributed by atoms with Gasteiger partial charge in [-0.1, -0.05) is 27.7 Å². The van der Waals surface area contributed by atoms with Crippen molar-refractivity contribution in [3.8, 4) is 0 Å². The third-order valence-corrected chi connectivity index (χ3v) is 5.27. The van der Waals surface area contributed by atoms with Crippen molar-refractivity contribution in [1.29, 1.82) is 0 Å². The van der Waals surface area contributed by atoms with Crippen LogP contribution in [0.1, 0.15) is 60.3 Å². The molecule has 6 N–H and O–H groups in total. The van der Waals surface area contributed by atoms with Crippen molar-refractivity contribution in [2.45, 2.75) is 90.8 Å². The highest BCUT2D eigenvalue weighted by molar-refractivity contribution is 6.03. The van der Waals surface area contributed by atoms with E-state index in [1.165, 1.54) is 16.8 Å². The first-order valence-electron chi connectivity index (χ1n) is 12.0. The lowest BCUT2D eigenvalue weighted by Gasteiger charge is -2.28. The van der Waals surface area contributed by atoms with Gasteiger partial charge < -0.3 is 35.7 Å². The van der Waals surface area contributed by atoms with E-state index < -0.39 is 31.0 Å². The predicted octanol–water partition coefficient (Wildman–Crippen LogP) is -1.39. The van der Waals surface area contributed by atoms with Crippen molar-refractivity contribution in [2.24, 2.45) is 5.92 Å². The minimum absolute atomic E-state index is 0.00292. The van der Waals surface area contributed by atoms with Crippen LogP contribution in [0.3, 0.4) is 0 Å². The maximum Gasteiger partial charge on any atom is 0.232 e. The number of nitrogens with zero attached hydrogens (tertiary/aromatic N) is 2. The van der Waals surface area contributed by atoms with E-state index >= 15 is 0 Å². The molecule has 0 radical (unpaired) electrons. The number of likely N-dealkylation sites (N-methyl/N-ethyl adjacent to an activating group) is 1. The molecule has 206 valence electrons. The topological polar surface area (TPSA) is 188 Å². The normalized spacial score (nSPS) is 19.3. The zero-order valence-corrected chi connectivity index (χ0v) is 21.8. The summed E-state index contributed by atoms with van der Waals surface area (Å²) in [5.74, 6) is -0.404. The quantitative estimate of drug-likeness (QED) is 0.129. The van der Waals surface area contributed by atoms with Crippen molar-refractivity contribution >= 4 is 24.1 Å². The number of carbonyl (C=O) groups is 4. The van der Waals surface area contributed by atoms with Gasteiger partial charge in [-0.05, 0) is 19.8 Å². The molecule has 0 aromatic heterocycles. The summed E-state index contributed by atoms with van der Waals surface area (Å²) in [7, 11) is 1.42. The lowest BCUT2D eigenvalue weighted by atomic mass is 10.0. The van der Waals surface area contributed by atoms with Crippen molar-refractivity contribution in [1.82, 2.24) is 15.1 Å². The minimum Gasteiger partial charge on any atom is -0.394 e. The molecule has 0 saturated carbocycles. The monoisotopic (exact) mass is 507 g/mol. The van der Waals surface area contributed by atoms with Gasteiger partial charge in [0, 0.05) is 44.9 Å². The second kappa shape index (κ2) is 19.1. The zero-order chi connectivity index (χ0) is 27.7. The van der Waals surface area contributed by atoms with E-state index in [-0.39, 0.29) is 42.6 Å². The molecule has 1 aliphatic rings. The van der Waals surface area contributed by atoms with Crippen LogP contribution < -0.4 is 5.32 Å². The molecule has 0 aliphatic carbocycles. The first-order chi connectivity index (χ1) is 16.4. The van der Waals surface area contributed by atoms with Crippen LogP contribution in [0.2, 0.25) is 0 Å². The molecule has 0 aromatic carbocycles. The van der Waals surface area contributed by atoms with E-state index in [2.05, 4.69) is 5.32 Å². The summed E-state index contributed by atoms with van der Waals surface area (Å²) in [6.07, 6.45) is -4.12. The molecule has 1 fully saturated rings. The lowest BCUT2D eigenvalue weighted by molar-refractivity contribution is -0.139. The Morgan fingerprint density at radius 3 is 2.14 bits per heavy atom. The van der Waals surface area contributed by atoms with Crippen LogP contribution in [0.15, 0.2) is 0 Å². The minimum atomic E-state index is -1.72. The Morgan fingerprint density at radius 2 is 1.71 bits per heavy atom. The average molecular weight is 508 g/mol. The van der Waals surface area contributed by atoms with Gasteiger partial charge in [-0.15, -0.1) is 0 Å². The van der Waals surface area contributed by atoms with Gasteiger partial charge in [-0.3, -0.25) is 24.1 Å². The molecule has 0 aromatic rings. The van der Waals surface area contributed by atoms with Crippen molar-refractivity contribution in [3.05, 3.63) is 0 Å². The molecule has 1 aliphatic heterocycles. The smallest absolute Gasteiger partial charge is 0.232 e. The van der Waals surface area contributed by atoms with Crippen molar-refractivity contribution in [2.75, 3.05) is 26.7 Å². The van der Waals surface area contributed by atoms with Crippen LogP contribution in [0, 0.1) is 5.92 Å². The Labute approximate surface area is 207 Å². The molecule has 1 heterocycles. The van der Waals surface area contributed by atoms with Crippen LogP contribution in [-0.4, -0.2) is 117 Å². The molecule has 0 spiro atoms. The summed E-state index contributed by atoms with van der Waals surface area (Å²) in [6, 6.07) is -0.160. The highest BCUT2D eigenvalue weighted by Crippen LogP contribution is 2.18.